The Bertz CT molecular complexity index is 426. The van der Waals surface area contributed by atoms with E-state index in [1.165, 1.54) is 7.11 Å². The largest absolute Gasteiger partial charge is 0.496 e. The Labute approximate surface area is 124 Å². The second kappa shape index (κ2) is 9.58. The van der Waals surface area contributed by atoms with Gasteiger partial charge in [-0.25, -0.2) is 0 Å². The number of carbonyl (C=O) groups excluding carboxylic acids is 1. The Hall–Kier alpha value is -1.30. The second-order valence-electron chi connectivity index (χ2n) is 4.06. The number of carbonyl (C=O) groups is 1. The fraction of sp³-hybridized carbons (Fsp3) is 0.500. The highest BCUT2D eigenvalue weighted by molar-refractivity contribution is 6.31. The highest BCUT2D eigenvalue weighted by Gasteiger charge is 2.12. The zero-order valence-electron chi connectivity index (χ0n) is 11.8. The van der Waals surface area contributed by atoms with Gasteiger partial charge in [-0.1, -0.05) is 11.6 Å². The van der Waals surface area contributed by atoms with Gasteiger partial charge in [-0.15, -0.1) is 0 Å². The zero-order chi connectivity index (χ0) is 14.8. The van der Waals surface area contributed by atoms with Crippen LogP contribution in [0.15, 0.2) is 18.2 Å². The van der Waals surface area contributed by atoms with E-state index in [9.17, 15) is 4.79 Å². The molecule has 0 unspecified atom stereocenters. The van der Waals surface area contributed by atoms with E-state index >= 15 is 0 Å². The predicted octanol–water partition coefficient (Wildman–Crippen LogP) is 2.13. The van der Waals surface area contributed by atoms with Crippen molar-refractivity contribution in [1.29, 1.82) is 0 Å². The predicted molar refractivity (Wildman–Crippen MR) is 77.6 cm³/mol. The molecule has 1 N–H and O–H groups in total. The van der Waals surface area contributed by atoms with Crippen molar-refractivity contribution in [1.82, 2.24) is 5.32 Å². The molecule has 0 saturated carbocycles. The van der Waals surface area contributed by atoms with E-state index in [1.54, 1.807) is 25.3 Å². The van der Waals surface area contributed by atoms with Crippen LogP contribution in [-0.4, -0.2) is 46.5 Å². The molecule has 1 rings (SSSR count). The highest BCUT2D eigenvalue weighted by atomic mass is 35.5. The van der Waals surface area contributed by atoms with Gasteiger partial charge in [0, 0.05) is 25.3 Å². The fourth-order valence-corrected chi connectivity index (χ4v) is 1.75. The van der Waals surface area contributed by atoms with Crippen LogP contribution in [0.2, 0.25) is 5.02 Å². The van der Waals surface area contributed by atoms with Crippen LogP contribution in [0.1, 0.15) is 16.8 Å². The number of rotatable bonds is 9. The lowest BCUT2D eigenvalue weighted by atomic mass is 10.2. The van der Waals surface area contributed by atoms with E-state index in [2.05, 4.69) is 5.32 Å². The Morgan fingerprint density at radius 3 is 2.75 bits per heavy atom. The third kappa shape index (κ3) is 5.77. The summed E-state index contributed by atoms with van der Waals surface area (Å²) in [4.78, 5) is 12.0. The van der Waals surface area contributed by atoms with Gasteiger partial charge in [0.05, 0.1) is 25.9 Å². The number of halogens is 1. The maximum atomic E-state index is 12.0. The van der Waals surface area contributed by atoms with E-state index < -0.39 is 0 Å². The lowest BCUT2D eigenvalue weighted by Crippen LogP contribution is -2.25. The molecule has 20 heavy (non-hydrogen) atoms. The van der Waals surface area contributed by atoms with Crippen LogP contribution in [0.5, 0.6) is 5.75 Å². The van der Waals surface area contributed by atoms with Crippen LogP contribution < -0.4 is 10.1 Å². The minimum Gasteiger partial charge on any atom is -0.496 e. The van der Waals surface area contributed by atoms with Gasteiger partial charge in [-0.05, 0) is 24.6 Å². The monoisotopic (exact) mass is 301 g/mol. The summed E-state index contributed by atoms with van der Waals surface area (Å²) in [6.07, 6.45) is 0.734. The molecule has 112 valence electrons. The molecule has 0 fully saturated rings. The topological polar surface area (TPSA) is 56.8 Å². The van der Waals surface area contributed by atoms with E-state index in [1.807, 2.05) is 0 Å². The van der Waals surface area contributed by atoms with Gasteiger partial charge in [0.2, 0.25) is 0 Å². The number of hydrogen-bond donors (Lipinski definition) is 1. The Balaban J connectivity index is 2.34. The van der Waals surface area contributed by atoms with Gasteiger partial charge in [0.1, 0.15) is 5.75 Å². The lowest BCUT2D eigenvalue weighted by molar-refractivity contribution is 0.0688. The quantitative estimate of drug-likeness (QED) is 0.710. The molecular formula is C14H20ClNO4. The Morgan fingerprint density at radius 1 is 1.25 bits per heavy atom. The van der Waals surface area contributed by atoms with Crippen LogP contribution >= 0.6 is 11.6 Å². The van der Waals surface area contributed by atoms with Crippen molar-refractivity contribution in [2.75, 3.05) is 40.6 Å². The van der Waals surface area contributed by atoms with Gasteiger partial charge < -0.3 is 19.5 Å². The van der Waals surface area contributed by atoms with Crippen molar-refractivity contribution < 1.29 is 19.0 Å². The first-order valence-electron chi connectivity index (χ1n) is 6.37. The summed E-state index contributed by atoms with van der Waals surface area (Å²) in [5.74, 6) is 0.296. The number of hydrogen-bond acceptors (Lipinski definition) is 4. The number of methoxy groups -OCH3 is 2. The van der Waals surface area contributed by atoms with Crippen molar-refractivity contribution in [3.05, 3.63) is 28.8 Å². The van der Waals surface area contributed by atoms with Crippen LogP contribution in [0.4, 0.5) is 0 Å². The number of amides is 1. The maximum Gasteiger partial charge on any atom is 0.255 e. The van der Waals surface area contributed by atoms with Crippen LogP contribution in [0.25, 0.3) is 0 Å². The van der Waals surface area contributed by atoms with Gasteiger partial charge in [0.25, 0.3) is 5.91 Å². The first-order valence-corrected chi connectivity index (χ1v) is 6.75. The van der Waals surface area contributed by atoms with E-state index in [0.29, 0.717) is 42.7 Å². The third-order valence-corrected chi connectivity index (χ3v) is 2.82. The summed E-state index contributed by atoms with van der Waals surface area (Å²) in [6.45, 7) is 2.25. The van der Waals surface area contributed by atoms with E-state index in [-0.39, 0.29) is 5.91 Å². The molecule has 0 aliphatic rings. The van der Waals surface area contributed by atoms with Crippen molar-refractivity contribution in [3.8, 4) is 5.75 Å². The SMILES string of the molecule is COCCOCCCNC(=O)c1cc(Cl)ccc1OC. The first-order chi connectivity index (χ1) is 9.69. The van der Waals surface area contributed by atoms with Gasteiger partial charge in [-0.3, -0.25) is 4.79 Å². The summed E-state index contributed by atoms with van der Waals surface area (Å²) in [5, 5.41) is 3.30. The molecule has 0 spiro atoms. The minimum absolute atomic E-state index is 0.207. The maximum absolute atomic E-state index is 12.0. The molecule has 0 radical (unpaired) electrons. The average molecular weight is 302 g/mol. The summed E-state index contributed by atoms with van der Waals surface area (Å²) < 4.78 is 15.3. The summed E-state index contributed by atoms with van der Waals surface area (Å²) in [5.41, 5.74) is 0.431. The molecule has 0 aliphatic carbocycles. The molecular weight excluding hydrogens is 282 g/mol. The standard InChI is InChI=1S/C14H20ClNO4/c1-18-8-9-20-7-3-6-16-14(17)12-10-11(15)4-5-13(12)19-2/h4-5,10H,3,6-9H2,1-2H3,(H,16,17). The van der Waals surface area contributed by atoms with Crippen molar-refractivity contribution >= 4 is 17.5 Å². The molecule has 0 saturated heterocycles. The van der Waals surface area contributed by atoms with Gasteiger partial charge in [-0.2, -0.15) is 0 Å². The molecule has 0 bridgehead atoms. The zero-order valence-corrected chi connectivity index (χ0v) is 12.5. The highest BCUT2D eigenvalue weighted by Crippen LogP contribution is 2.22. The molecule has 0 atom stereocenters. The Kier molecular flexibility index (Phi) is 8.02. The molecule has 0 aromatic heterocycles. The molecule has 1 aromatic rings. The first kappa shape index (κ1) is 16.8. The summed E-state index contributed by atoms with van der Waals surface area (Å²) in [6, 6.07) is 4.94. The number of ether oxygens (including phenoxy) is 3. The molecule has 0 heterocycles. The van der Waals surface area contributed by atoms with Crippen molar-refractivity contribution in [2.24, 2.45) is 0 Å². The summed E-state index contributed by atoms with van der Waals surface area (Å²) >= 11 is 5.88. The van der Waals surface area contributed by atoms with Gasteiger partial charge >= 0.3 is 0 Å². The Morgan fingerprint density at radius 2 is 2.05 bits per heavy atom. The molecule has 6 heteroatoms. The normalized spacial score (nSPS) is 10.3. The van der Waals surface area contributed by atoms with Crippen LogP contribution in [0.3, 0.4) is 0 Å². The number of nitrogens with one attached hydrogen (secondary N) is 1. The molecule has 1 amide bonds. The van der Waals surface area contributed by atoms with E-state index in [0.717, 1.165) is 6.42 Å². The molecule has 0 aliphatic heterocycles. The number of benzene rings is 1. The fourth-order valence-electron chi connectivity index (χ4n) is 1.57. The molecule has 5 nitrogen and oxygen atoms in total. The van der Waals surface area contributed by atoms with Crippen LogP contribution in [-0.2, 0) is 9.47 Å². The summed E-state index contributed by atoms with van der Waals surface area (Å²) in [7, 11) is 3.14. The van der Waals surface area contributed by atoms with Gasteiger partial charge in [0.15, 0.2) is 0 Å². The van der Waals surface area contributed by atoms with Crippen molar-refractivity contribution in [2.45, 2.75) is 6.42 Å². The van der Waals surface area contributed by atoms with E-state index in [4.69, 9.17) is 25.8 Å². The molecule has 1 aromatic carbocycles. The lowest BCUT2D eigenvalue weighted by Gasteiger charge is -2.10. The smallest absolute Gasteiger partial charge is 0.255 e. The minimum atomic E-state index is -0.207. The van der Waals surface area contributed by atoms with Crippen molar-refractivity contribution in [3.63, 3.8) is 0 Å². The average Bonchev–Trinajstić information content (AvgIpc) is 2.46. The third-order valence-electron chi connectivity index (χ3n) is 2.59. The van der Waals surface area contributed by atoms with Crippen LogP contribution in [0, 0.1) is 0 Å². The second-order valence-corrected chi connectivity index (χ2v) is 4.50.